The summed E-state index contributed by atoms with van der Waals surface area (Å²) < 4.78 is 5.64. The molecule has 1 aliphatic heterocycles. The maximum absolute atomic E-state index is 12.8. The van der Waals surface area contributed by atoms with Crippen molar-refractivity contribution < 1.29 is 4.42 Å². The zero-order valence-corrected chi connectivity index (χ0v) is 17.0. The van der Waals surface area contributed by atoms with E-state index in [1.807, 2.05) is 30.3 Å². The number of pyridine rings is 1. The normalized spacial score (nSPS) is 15.4. The number of benzene rings is 1. The summed E-state index contributed by atoms with van der Waals surface area (Å²) in [6.07, 6.45) is 5.01. The molecule has 5 rings (SSSR count). The van der Waals surface area contributed by atoms with Gasteiger partial charge >= 0.3 is 0 Å². The van der Waals surface area contributed by atoms with Crippen molar-refractivity contribution >= 4 is 11.0 Å². The first kappa shape index (κ1) is 19.4. The number of rotatable bonds is 4. The number of fused-ring (bicyclic) bond motifs is 1. The minimum absolute atomic E-state index is 0.0280. The smallest absolute Gasteiger partial charge is 0.251 e. The summed E-state index contributed by atoms with van der Waals surface area (Å²) >= 11 is 0. The number of nitrogens with zero attached hydrogens (tertiary/aromatic N) is 3. The molecule has 1 N–H and O–H groups in total. The third-order valence-corrected chi connectivity index (χ3v) is 5.82. The number of piperidine rings is 1. The lowest BCUT2D eigenvalue weighted by atomic mass is 9.93. The van der Waals surface area contributed by atoms with Gasteiger partial charge in [0.25, 0.3) is 5.56 Å². The van der Waals surface area contributed by atoms with Crippen molar-refractivity contribution in [2.24, 2.45) is 0 Å². The van der Waals surface area contributed by atoms with Gasteiger partial charge in [0, 0.05) is 30.3 Å². The topological polar surface area (TPSA) is 92.1 Å². The van der Waals surface area contributed by atoms with E-state index in [2.05, 4.69) is 19.9 Å². The van der Waals surface area contributed by atoms with Gasteiger partial charge in [0.1, 0.15) is 11.3 Å². The maximum atomic E-state index is 12.8. The summed E-state index contributed by atoms with van der Waals surface area (Å²) in [7, 11) is 0. The highest BCUT2D eigenvalue weighted by atomic mass is 16.3. The molecule has 7 heteroatoms. The Morgan fingerprint density at radius 3 is 2.68 bits per heavy atom. The van der Waals surface area contributed by atoms with Crippen molar-refractivity contribution in [3.63, 3.8) is 0 Å². The highest BCUT2D eigenvalue weighted by molar-refractivity contribution is 5.76. The second-order valence-electron chi connectivity index (χ2n) is 7.87. The maximum Gasteiger partial charge on any atom is 0.251 e. The molecule has 156 valence electrons. The first-order valence-corrected chi connectivity index (χ1v) is 10.4. The Morgan fingerprint density at radius 2 is 1.87 bits per heavy atom. The van der Waals surface area contributed by atoms with Crippen LogP contribution in [-0.4, -0.2) is 32.9 Å². The van der Waals surface area contributed by atoms with Crippen LogP contribution in [0.5, 0.6) is 0 Å². The molecule has 1 aromatic carbocycles. The van der Waals surface area contributed by atoms with Gasteiger partial charge in [-0.05, 0) is 50.2 Å². The van der Waals surface area contributed by atoms with E-state index in [1.54, 1.807) is 30.7 Å². The zero-order valence-electron chi connectivity index (χ0n) is 17.0. The van der Waals surface area contributed by atoms with Crippen LogP contribution in [0.15, 0.2) is 75.0 Å². The molecule has 31 heavy (non-hydrogen) atoms. The summed E-state index contributed by atoms with van der Waals surface area (Å²) in [5, 5.41) is 0.615. The number of nitrogens with one attached hydrogen (secondary N) is 1. The molecule has 4 heterocycles. The second kappa shape index (κ2) is 8.28. The van der Waals surface area contributed by atoms with Crippen LogP contribution >= 0.6 is 0 Å². The quantitative estimate of drug-likeness (QED) is 0.551. The molecule has 0 aliphatic carbocycles. The van der Waals surface area contributed by atoms with E-state index in [0.717, 1.165) is 31.6 Å². The molecular weight excluding hydrogens is 392 g/mol. The average Bonchev–Trinajstić information content (AvgIpc) is 2.82. The van der Waals surface area contributed by atoms with E-state index in [9.17, 15) is 9.59 Å². The molecule has 7 nitrogen and oxygen atoms in total. The monoisotopic (exact) mass is 414 g/mol. The summed E-state index contributed by atoms with van der Waals surface area (Å²) in [6.45, 7) is 2.20. The number of aromatic nitrogens is 3. The molecule has 4 aromatic rings. The van der Waals surface area contributed by atoms with Gasteiger partial charge in [-0.3, -0.25) is 19.5 Å². The molecule has 0 radical (unpaired) electrons. The van der Waals surface area contributed by atoms with Crippen LogP contribution in [0.25, 0.3) is 22.5 Å². The largest absolute Gasteiger partial charge is 0.464 e. The SMILES string of the molecule is O=c1cc(C2CCN(Cc3coc4ccccc4c3=O)CC2)nc(-c2ccccn2)[nH]1. The Bertz CT molecular complexity index is 1320. The lowest BCUT2D eigenvalue weighted by Gasteiger charge is -2.31. The fourth-order valence-corrected chi connectivity index (χ4v) is 4.16. The Hall–Kier alpha value is -3.58. The van der Waals surface area contributed by atoms with Gasteiger partial charge in [0.05, 0.1) is 17.3 Å². The third-order valence-electron chi connectivity index (χ3n) is 5.82. The van der Waals surface area contributed by atoms with Gasteiger partial charge in [-0.1, -0.05) is 18.2 Å². The molecule has 0 bridgehead atoms. The van der Waals surface area contributed by atoms with E-state index in [0.29, 0.717) is 34.6 Å². The first-order chi connectivity index (χ1) is 15.2. The predicted molar refractivity (Wildman–Crippen MR) is 118 cm³/mol. The van der Waals surface area contributed by atoms with Crippen LogP contribution in [0.4, 0.5) is 0 Å². The van der Waals surface area contributed by atoms with Crippen molar-refractivity contribution in [3.05, 3.63) is 92.8 Å². The Kier molecular flexibility index (Phi) is 5.18. The highest BCUT2D eigenvalue weighted by Crippen LogP contribution is 2.27. The third kappa shape index (κ3) is 4.04. The highest BCUT2D eigenvalue weighted by Gasteiger charge is 2.23. The summed E-state index contributed by atoms with van der Waals surface area (Å²) in [5.74, 6) is 0.702. The molecule has 1 saturated heterocycles. The van der Waals surface area contributed by atoms with Gasteiger partial charge in [0.2, 0.25) is 0 Å². The number of likely N-dealkylation sites (tertiary alicyclic amines) is 1. The van der Waals surface area contributed by atoms with Gasteiger partial charge in [-0.2, -0.15) is 0 Å². The van der Waals surface area contributed by atoms with Crippen LogP contribution in [0.2, 0.25) is 0 Å². The summed E-state index contributed by atoms with van der Waals surface area (Å²) in [4.78, 5) is 39.0. The van der Waals surface area contributed by atoms with E-state index in [-0.39, 0.29) is 16.9 Å². The predicted octanol–water partition coefficient (Wildman–Crippen LogP) is 3.32. The molecule has 0 spiro atoms. The van der Waals surface area contributed by atoms with Crippen LogP contribution in [0.3, 0.4) is 0 Å². The van der Waals surface area contributed by atoms with Gasteiger partial charge in [-0.15, -0.1) is 0 Å². The first-order valence-electron chi connectivity index (χ1n) is 10.4. The number of hydrogen-bond donors (Lipinski definition) is 1. The van der Waals surface area contributed by atoms with Gasteiger partial charge in [-0.25, -0.2) is 4.98 Å². The number of aromatic amines is 1. The van der Waals surface area contributed by atoms with Crippen LogP contribution < -0.4 is 11.0 Å². The summed E-state index contributed by atoms with van der Waals surface area (Å²) in [6, 6.07) is 14.4. The lowest BCUT2D eigenvalue weighted by molar-refractivity contribution is 0.201. The molecule has 0 atom stereocenters. The average molecular weight is 414 g/mol. The number of hydrogen-bond acceptors (Lipinski definition) is 6. The van der Waals surface area contributed by atoms with E-state index < -0.39 is 0 Å². The summed E-state index contributed by atoms with van der Waals surface area (Å²) in [5.41, 5.74) is 2.60. The van der Waals surface area contributed by atoms with E-state index in [4.69, 9.17) is 4.42 Å². The van der Waals surface area contributed by atoms with Crippen molar-refractivity contribution in [2.45, 2.75) is 25.3 Å². The van der Waals surface area contributed by atoms with Crippen molar-refractivity contribution in [1.82, 2.24) is 19.9 Å². The van der Waals surface area contributed by atoms with Crippen molar-refractivity contribution in [3.8, 4) is 11.5 Å². The van der Waals surface area contributed by atoms with Gasteiger partial charge in [0.15, 0.2) is 11.3 Å². The Morgan fingerprint density at radius 1 is 1.06 bits per heavy atom. The van der Waals surface area contributed by atoms with Crippen LogP contribution in [-0.2, 0) is 6.54 Å². The van der Waals surface area contributed by atoms with Gasteiger partial charge < -0.3 is 9.40 Å². The van der Waals surface area contributed by atoms with E-state index >= 15 is 0 Å². The number of para-hydroxylation sites is 1. The van der Waals surface area contributed by atoms with Crippen LogP contribution in [0, 0.1) is 0 Å². The minimum atomic E-state index is -0.165. The molecule has 3 aromatic heterocycles. The molecular formula is C24H22N4O3. The fraction of sp³-hybridized carbons (Fsp3) is 0.250. The van der Waals surface area contributed by atoms with Crippen molar-refractivity contribution in [2.75, 3.05) is 13.1 Å². The zero-order chi connectivity index (χ0) is 21.2. The number of H-pyrrole nitrogens is 1. The molecule has 0 amide bonds. The molecule has 1 aliphatic rings. The van der Waals surface area contributed by atoms with Crippen LogP contribution in [0.1, 0.15) is 30.0 Å². The Balaban J connectivity index is 1.30. The molecule has 0 saturated carbocycles. The van der Waals surface area contributed by atoms with E-state index in [1.165, 1.54) is 0 Å². The molecule has 0 unspecified atom stereocenters. The minimum Gasteiger partial charge on any atom is -0.464 e. The van der Waals surface area contributed by atoms with Crippen molar-refractivity contribution in [1.29, 1.82) is 0 Å². The second-order valence-corrected chi connectivity index (χ2v) is 7.87. The fourth-order valence-electron chi connectivity index (χ4n) is 4.16. The molecule has 1 fully saturated rings. The lowest BCUT2D eigenvalue weighted by Crippen LogP contribution is -2.34. The Labute approximate surface area is 178 Å². The standard InChI is InChI=1S/C24H22N4O3/c29-22-13-20(26-24(27-22)19-6-3-4-10-25-19)16-8-11-28(12-9-16)14-17-15-31-21-7-2-1-5-18(21)23(17)30/h1-7,10,13,15-16H,8-9,11-12,14H2,(H,26,27,29).